The summed E-state index contributed by atoms with van der Waals surface area (Å²) in [4.78, 5) is 16.9. The number of hydrogen-bond donors (Lipinski definition) is 2. The van der Waals surface area contributed by atoms with Gasteiger partial charge in [-0.05, 0) is 57.2 Å². The molecule has 3 rings (SSSR count). The third kappa shape index (κ3) is 3.12. The van der Waals surface area contributed by atoms with Crippen LogP contribution >= 0.6 is 0 Å². The number of likely N-dealkylation sites (tertiary alicyclic amines) is 1. The molecule has 132 valence electrons. The Bertz CT molecular complexity index is 624. The average molecular weight is 351 g/mol. The van der Waals surface area contributed by atoms with Crippen LogP contribution in [-0.2, 0) is 17.8 Å². The fraction of sp³-hybridized carbons (Fsp3) is 0.647. The SMILES string of the molecule is CC(C)(C)[S@@+]([O-])N[C@H]1c2ccncc2CC12CCN(C(=O)O)CC2. The van der Waals surface area contributed by atoms with E-state index in [1.165, 1.54) is 10.5 Å². The zero-order valence-electron chi connectivity index (χ0n) is 14.4. The van der Waals surface area contributed by atoms with E-state index in [0.717, 1.165) is 24.8 Å². The van der Waals surface area contributed by atoms with Gasteiger partial charge in [-0.1, -0.05) is 0 Å². The summed E-state index contributed by atoms with van der Waals surface area (Å²) in [5.41, 5.74) is 2.26. The van der Waals surface area contributed by atoms with Crippen molar-refractivity contribution in [3.8, 4) is 0 Å². The van der Waals surface area contributed by atoms with Crippen LogP contribution in [-0.4, -0.2) is 43.5 Å². The number of pyridine rings is 1. The van der Waals surface area contributed by atoms with Gasteiger partial charge in [-0.2, -0.15) is 0 Å². The molecule has 1 saturated heterocycles. The van der Waals surface area contributed by atoms with Crippen molar-refractivity contribution in [2.24, 2.45) is 5.41 Å². The molecule has 1 aromatic heterocycles. The predicted octanol–water partition coefficient (Wildman–Crippen LogP) is 2.49. The van der Waals surface area contributed by atoms with Gasteiger partial charge in [0.25, 0.3) is 0 Å². The van der Waals surface area contributed by atoms with E-state index in [1.807, 2.05) is 33.0 Å². The molecule has 1 aliphatic carbocycles. The van der Waals surface area contributed by atoms with Gasteiger partial charge < -0.3 is 14.6 Å². The second-order valence-electron chi connectivity index (χ2n) is 7.82. The smallest absolute Gasteiger partial charge is 0.407 e. The van der Waals surface area contributed by atoms with Crippen molar-refractivity contribution in [1.82, 2.24) is 14.6 Å². The molecule has 1 amide bonds. The van der Waals surface area contributed by atoms with E-state index < -0.39 is 17.5 Å². The van der Waals surface area contributed by atoms with Crippen LogP contribution < -0.4 is 4.72 Å². The standard InChI is InChI=1S/C17H25N3O3S/c1-16(2,3)24(23)19-14-13-4-7-18-11-12(13)10-17(14)5-8-20(9-6-17)15(21)22/h4,7,11,14,19H,5-6,8-10H2,1-3H3,(H,21,22)/t14-,24+/m0/s1. The summed E-state index contributed by atoms with van der Waals surface area (Å²) in [6.45, 7) is 6.92. The number of aromatic nitrogens is 1. The van der Waals surface area contributed by atoms with Crippen LogP contribution in [0.25, 0.3) is 0 Å². The first kappa shape index (κ1) is 17.5. The summed E-state index contributed by atoms with van der Waals surface area (Å²) in [6.07, 6.45) is 5.22. The lowest BCUT2D eigenvalue weighted by atomic mass is 9.73. The second kappa shape index (κ2) is 6.20. The van der Waals surface area contributed by atoms with Gasteiger partial charge in [0, 0.05) is 42.3 Å². The fourth-order valence-corrected chi connectivity index (χ4v) is 4.70. The lowest BCUT2D eigenvalue weighted by molar-refractivity contribution is 0.0764. The van der Waals surface area contributed by atoms with Crippen molar-refractivity contribution in [2.75, 3.05) is 13.1 Å². The summed E-state index contributed by atoms with van der Waals surface area (Å²) in [6, 6.07) is 1.98. The first-order chi connectivity index (χ1) is 11.2. The number of carbonyl (C=O) groups is 1. The molecule has 1 aromatic rings. The summed E-state index contributed by atoms with van der Waals surface area (Å²) >= 11 is -1.18. The number of nitrogens with one attached hydrogen (secondary N) is 1. The van der Waals surface area contributed by atoms with Crippen LogP contribution in [0.2, 0.25) is 0 Å². The maximum atomic E-state index is 12.7. The van der Waals surface area contributed by atoms with Gasteiger partial charge in [0.2, 0.25) is 0 Å². The van der Waals surface area contributed by atoms with Crippen molar-refractivity contribution in [1.29, 1.82) is 0 Å². The zero-order valence-corrected chi connectivity index (χ0v) is 15.2. The summed E-state index contributed by atoms with van der Waals surface area (Å²) in [7, 11) is 0. The molecule has 2 heterocycles. The van der Waals surface area contributed by atoms with Crippen LogP contribution in [0.4, 0.5) is 4.79 Å². The molecule has 24 heavy (non-hydrogen) atoms. The van der Waals surface area contributed by atoms with Crippen molar-refractivity contribution < 1.29 is 14.5 Å². The van der Waals surface area contributed by atoms with Crippen molar-refractivity contribution in [3.05, 3.63) is 29.6 Å². The molecule has 2 N–H and O–H groups in total. The van der Waals surface area contributed by atoms with Crippen molar-refractivity contribution >= 4 is 17.5 Å². The Labute approximate surface area is 146 Å². The average Bonchev–Trinajstić information content (AvgIpc) is 2.80. The minimum Gasteiger partial charge on any atom is -0.598 e. The van der Waals surface area contributed by atoms with E-state index >= 15 is 0 Å². The summed E-state index contributed by atoms with van der Waals surface area (Å²) in [5, 5.41) is 9.21. The minimum atomic E-state index is -1.18. The molecule has 2 aliphatic rings. The zero-order chi connectivity index (χ0) is 17.5. The number of carboxylic acid groups (broad SMARTS) is 1. The molecule has 0 radical (unpaired) electrons. The third-order valence-electron chi connectivity index (χ3n) is 5.22. The van der Waals surface area contributed by atoms with Gasteiger partial charge in [-0.15, -0.1) is 4.72 Å². The number of nitrogens with zero attached hydrogens (tertiary/aromatic N) is 2. The normalized spacial score (nSPS) is 24.0. The number of amides is 1. The molecular formula is C17H25N3O3S. The van der Waals surface area contributed by atoms with Crippen LogP contribution in [0, 0.1) is 5.41 Å². The fourth-order valence-electron chi connectivity index (χ4n) is 3.76. The highest BCUT2D eigenvalue weighted by Gasteiger charge is 2.50. The highest BCUT2D eigenvalue weighted by Crippen LogP contribution is 2.52. The minimum absolute atomic E-state index is 0.0218. The lowest BCUT2D eigenvalue weighted by Gasteiger charge is -2.43. The molecule has 1 fully saturated rings. The van der Waals surface area contributed by atoms with Crippen molar-refractivity contribution in [2.45, 2.75) is 50.8 Å². The molecule has 0 saturated carbocycles. The molecule has 2 atom stereocenters. The van der Waals surface area contributed by atoms with Crippen LogP contribution in [0.1, 0.15) is 50.8 Å². The highest BCUT2D eigenvalue weighted by atomic mass is 32.2. The quantitative estimate of drug-likeness (QED) is 0.799. The van der Waals surface area contributed by atoms with E-state index in [4.69, 9.17) is 0 Å². The molecule has 7 heteroatoms. The maximum absolute atomic E-state index is 12.7. The highest BCUT2D eigenvalue weighted by molar-refractivity contribution is 7.90. The Morgan fingerprint density at radius 3 is 2.71 bits per heavy atom. The molecule has 0 unspecified atom stereocenters. The molecule has 0 bridgehead atoms. The Hall–Kier alpha value is -1.31. The lowest BCUT2D eigenvalue weighted by Crippen LogP contribution is -2.50. The van der Waals surface area contributed by atoms with Crippen LogP contribution in [0.5, 0.6) is 0 Å². The first-order valence-electron chi connectivity index (χ1n) is 8.32. The summed E-state index contributed by atoms with van der Waals surface area (Å²) < 4.78 is 15.7. The van der Waals surface area contributed by atoms with Gasteiger partial charge in [-0.3, -0.25) is 4.98 Å². The Balaban J connectivity index is 1.87. The van der Waals surface area contributed by atoms with Crippen LogP contribution in [0.15, 0.2) is 18.5 Å². The van der Waals surface area contributed by atoms with Gasteiger partial charge in [0.1, 0.15) is 4.75 Å². The topological polar surface area (TPSA) is 88.5 Å². The van der Waals surface area contributed by atoms with Gasteiger partial charge >= 0.3 is 6.09 Å². The van der Waals surface area contributed by atoms with E-state index in [2.05, 4.69) is 9.71 Å². The van der Waals surface area contributed by atoms with Gasteiger partial charge in [-0.25, -0.2) is 4.79 Å². The number of fused-ring (bicyclic) bond motifs is 1. The molecule has 6 nitrogen and oxygen atoms in total. The molecule has 1 spiro atoms. The molecule has 1 aliphatic heterocycles. The van der Waals surface area contributed by atoms with E-state index in [1.54, 1.807) is 6.20 Å². The Kier molecular flexibility index (Phi) is 4.53. The number of piperidine rings is 1. The summed E-state index contributed by atoms with van der Waals surface area (Å²) in [5.74, 6) is 0. The van der Waals surface area contributed by atoms with Crippen molar-refractivity contribution in [3.63, 3.8) is 0 Å². The van der Waals surface area contributed by atoms with Crippen LogP contribution in [0.3, 0.4) is 0 Å². The van der Waals surface area contributed by atoms with E-state index in [-0.39, 0.29) is 16.2 Å². The number of rotatable bonds is 2. The largest absolute Gasteiger partial charge is 0.598 e. The van der Waals surface area contributed by atoms with Gasteiger partial charge in [0.05, 0.1) is 6.04 Å². The van der Waals surface area contributed by atoms with E-state index in [9.17, 15) is 14.5 Å². The molecule has 0 aromatic carbocycles. The monoisotopic (exact) mass is 351 g/mol. The first-order valence-corrected chi connectivity index (χ1v) is 9.47. The van der Waals surface area contributed by atoms with Gasteiger partial charge in [0.15, 0.2) is 0 Å². The predicted molar refractivity (Wildman–Crippen MR) is 93.0 cm³/mol. The Morgan fingerprint density at radius 1 is 1.46 bits per heavy atom. The third-order valence-corrected chi connectivity index (χ3v) is 6.78. The van der Waals surface area contributed by atoms with E-state index in [0.29, 0.717) is 13.1 Å². The number of hydrogen-bond acceptors (Lipinski definition) is 4. The second-order valence-corrected chi connectivity index (χ2v) is 9.81. The Morgan fingerprint density at radius 2 is 2.12 bits per heavy atom. The maximum Gasteiger partial charge on any atom is 0.407 e. The molecular weight excluding hydrogens is 326 g/mol.